The summed E-state index contributed by atoms with van der Waals surface area (Å²) in [6, 6.07) is 16.3. The van der Waals surface area contributed by atoms with Crippen LogP contribution in [-0.2, 0) is 19.1 Å². The fourth-order valence-electron chi connectivity index (χ4n) is 4.96. The highest BCUT2D eigenvalue weighted by molar-refractivity contribution is 5.80. The second-order valence-corrected chi connectivity index (χ2v) is 9.06. The maximum absolute atomic E-state index is 12.8. The number of carbonyl (C=O) groups excluding carboxylic acids is 2. The van der Waals surface area contributed by atoms with E-state index >= 15 is 0 Å². The van der Waals surface area contributed by atoms with Gasteiger partial charge in [0.15, 0.2) is 0 Å². The molecule has 0 spiro atoms. The van der Waals surface area contributed by atoms with Crippen molar-refractivity contribution in [2.75, 3.05) is 32.8 Å². The van der Waals surface area contributed by atoms with Crippen LogP contribution >= 0.6 is 0 Å². The second kappa shape index (κ2) is 11.4. The van der Waals surface area contributed by atoms with Crippen molar-refractivity contribution in [3.8, 4) is 11.1 Å². The average Bonchev–Trinajstić information content (AvgIpc) is 3.46. The van der Waals surface area contributed by atoms with Crippen LogP contribution in [0, 0.1) is 5.92 Å². The molecule has 2 aromatic rings. The predicted octanol–water partition coefficient (Wildman–Crippen LogP) is 3.64. The number of nitrogens with one attached hydrogen (secondary N) is 1. The minimum absolute atomic E-state index is 0.00627. The molecule has 8 nitrogen and oxygen atoms in total. The van der Waals surface area contributed by atoms with Crippen molar-refractivity contribution in [1.82, 2.24) is 10.2 Å². The first-order valence-corrected chi connectivity index (χ1v) is 12.2. The van der Waals surface area contributed by atoms with Gasteiger partial charge in [-0.15, -0.1) is 0 Å². The summed E-state index contributed by atoms with van der Waals surface area (Å²) in [4.78, 5) is 37.7. The van der Waals surface area contributed by atoms with Gasteiger partial charge in [-0.2, -0.15) is 0 Å². The van der Waals surface area contributed by atoms with Crippen molar-refractivity contribution in [3.05, 3.63) is 59.7 Å². The van der Waals surface area contributed by atoms with Crippen LogP contribution in [-0.4, -0.2) is 66.9 Å². The number of carboxylic acid groups (broad SMARTS) is 1. The van der Waals surface area contributed by atoms with Crippen LogP contribution < -0.4 is 5.32 Å². The van der Waals surface area contributed by atoms with Crippen LogP contribution in [0.4, 0.5) is 4.79 Å². The van der Waals surface area contributed by atoms with E-state index in [1.165, 1.54) is 11.1 Å². The number of aliphatic carboxylic acids is 1. The van der Waals surface area contributed by atoms with Gasteiger partial charge < -0.3 is 24.8 Å². The monoisotopic (exact) mass is 480 g/mol. The van der Waals surface area contributed by atoms with Crippen LogP contribution in [0.2, 0.25) is 0 Å². The van der Waals surface area contributed by atoms with Crippen LogP contribution in [0.15, 0.2) is 48.5 Å². The molecular weight excluding hydrogens is 448 g/mol. The number of fused-ring (bicyclic) bond motifs is 3. The average molecular weight is 481 g/mol. The van der Waals surface area contributed by atoms with Crippen LogP contribution in [0.5, 0.6) is 0 Å². The van der Waals surface area contributed by atoms with Crippen LogP contribution in [0.1, 0.15) is 43.2 Å². The lowest BCUT2D eigenvalue weighted by molar-refractivity contribution is -0.139. The summed E-state index contributed by atoms with van der Waals surface area (Å²) >= 11 is 0. The summed E-state index contributed by atoms with van der Waals surface area (Å²) in [5.74, 6) is -1.35. The second-order valence-electron chi connectivity index (χ2n) is 9.06. The molecule has 0 aromatic heterocycles. The molecule has 2 amide bonds. The highest BCUT2D eigenvalue weighted by atomic mass is 16.5. The van der Waals surface area contributed by atoms with E-state index in [2.05, 4.69) is 29.6 Å². The number of hydrogen-bond donors (Lipinski definition) is 2. The highest BCUT2D eigenvalue weighted by Crippen LogP contribution is 2.44. The number of rotatable bonds is 10. The largest absolute Gasteiger partial charge is 0.481 e. The minimum Gasteiger partial charge on any atom is -0.481 e. The summed E-state index contributed by atoms with van der Waals surface area (Å²) in [6.45, 7) is 3.42. The van der Waals surface area contributed by atoms with Gasteiger partial charge in [0.1, 0.15) is 6.61 Å². The molecule has 2 atom stereocenters. The number of hydrogen-bond acceptors (Lipinski definition) is 5. The lowest BCUT2D eigenvalue weighted by Crippen LogP contribution is -2.39. The Balaban J connectivity index is 1.25. The third kappa shape index (κ3) is 5.82. The smallest absolute Gasteiger partial charge is 0.407 e. The van der Waals surface area contributed by atoms with Crippen molar-refractivity contribution in [1.29, 1.82) is 0 Å². The van der Waals surface area contributed by atoms with Gasteiger partial charge in [0.2, 0.25) is 5.91 Å². The minimum atomic E-state index is -0.924. The highest BCUT2D eigenvalue weighted by Gasteiger charge is 2.34. The number of nitrogens with zero attached hydrogens (tertiary/aromatic N) is 1. The summed E-state index contributed by atoms with van der Waals surface area (Å²) in [5, 5.41) is 11.7. The molecule has 2 aromatic carbocycles. The van der Waals surface area contributed by atoms with Gasteiger partial charge in [-0.3, -0.25) is 9.59 Å². The van der Waals surface area contributed by atoms with E-state index in [1.54, 1.807) is 4.90 Å². The lowest BCUT2D eigenvalue weighted by Gasteiger charge is -2.24. The standard InChI is InChI=1S/C27H32N2O6/c1-2-12-29(13-11-25(30)31)26(32)18-14-19(34-16-18)15-28-27(33)35-17-24-22-9-5-3-7-20(22)21-8-4-6-10-23(21)24/h3-10,18-19,24H,2,11-17H2,1H3,(H,28,33)(H,30,31)/t18-,19-/m0/s1. The molecule has 35 heavy (non-hydrogen) atoms. The van der Waals surface area contributed by atoms with E-state index < -0.39 is 12.1 Å². The molecule has 0 radical (unpaired) electrons. The first-order valence-electron chi connectivity index (χ1n) is 12.2. The van der Waals surface area contributed by atoms with Crippen molar-refractivity contribution >= 4 is 18.0 Å². The summed E-state index contributed by atoms with van der Waals surface area (Å²) < 4.78 is 11.3. The molecule has 1 fully saturated rings. The van der Waals surface area contributed by atoms with E-state index in [4.69, 9.17) is 14.6 Å². The zero-order chi connectivity index (χ0) is 24.8. The molecule has 1 heterocycles. The van der Waals surface area contributed by atoms with Gasteiger partial charge >= 0.3 is 12.1 Å². The summed E-state index contributed by atoms with van der Waals surface area (Å²) in [6.07, 6.45) is 0.361. The van der Waals surface area contributed by atoms with Crippen LogP contribution in [0.3, 0.4) is 0 Å². The molecule has 0 saturated carbocycles. The van der Waals surface area contributed by atoms with Gasteiger partial charge in [-0.05, 0) is 35.1 Å². The quantitative estimate of drug-likeness (QED) is 0.538. The lowest BCUT2D eigenvalue weighted by atomic mass is 9.98. The van der Waals surface area contributed by atoms with Gasteiger partial charge in [-0.25, -0.2) is 4.79 Å². The Bertz CT molecular complexity index is 1030. The Morgan fingerprint density at radius 3 is 2.34 bits per heavy atom. The number of carboxylic acids is 1. The Kier molecular flexibility index (Phi) is 8.02. The van der Waals surface area contributed by atoms with Crippen molar-refractivity contribution in [3.63, 3.8) is 0 Å². The van der Waals surface area contributed by atoms with E-state index in [0.29, 0.717) is 13.0 Å². The molecule has 1 aliphatic carbocycles. The fourth-order valence-corrected chi connectivity index (χ4v) is 4.96. The molecule has 4 rings (SSSR count). The van der Waals surface area contributed by atoms with E-state index in [0.717, 1.165) is 17.5 Å². The third-order valence-electron chi connectivity index (χ3n) is 6.65. The molecule has 2 N–H and O–H groups in total. The predicted molar refractivity (Wildman–Crippen MR) is 130 cm³/mol. The van der Waals surface area contributed by atoms with Gasteiger partial charge in [0.25, 0.3) is 0 Å². The Morgan fingerprint density at radius 1 is 1.06 bits per heavy atom. The zero-order valence-corrected chi connectivity index (χ0v) is 19.9. The van der Waals surface area contributed by atoms with Gasteiger partial charge in [0.05, 0.1) is 25.0 Å². The van der Waals surface area contributed by atoms with Crippen molar-refractivity contribution in [2.45, 2.75) is 38.2 Å². The Morgan fingerprint density at radius 2 is 1.71 bits per heavy atom. The Labute approximate surface area is 205 Å². The van der Waals surface area contributed by atoms with Crippen molar-refractivity contribution < 1.29 is 29.0 Å². The summed E-state index contributed by atoms with van der Waals surface area (Å²) in [7, 11) is 0. The topological polar surface area (TPSA) is 105 Å². The zero-order valence-electron chi connectivity index (χ0n) is 19.9. The number of benzene rings is 2. The molecule has 186 valence electrons. The van der Waals surface area contributed by atoms with E-state index in [9.17, 15) is 14.4 Å². The normalized spacial score (nSPS) is 18.5. The number of ether oxygens (including phenoxy) is 2. The number of amides is 2. The first kappa shape index (κ1) is 24.7. The first-order chi connectivity index (χ1) is 17.0. The van der Waals surface area contributed by atoms with Crippen molar-refractivity contribution in [2.24, 2.45) is 5.92 Å². The molecule has 0 unspecified atom stereocenters. The molecule has 2 aliphatic rings. The number of carbonyl (C=O) groups is 3. The fraction of sp³-hybridized carbons (Fsp3) is 0.444. The molecule has 1 aliphatic heterocycles. The maximum Gasteiger partial charge on any atom is 0.407 e. The third-order valence-corrected chi connectivity index (χ3v) is 6.65. The summed E-state index contributed by atoms with van der Waals surface area (Å²) in [5.41, 5.74) is 4.66. The Hall–Kier alpha value is -3.39. The molecular formula is C27H32N2O6. The van der Waals surface area contributed by atoms with E-state index in [1.807, 2.05) is 31.2 Å². The van der Waals surface area contributed by atoms with Gasteiger partial charge in [-0.1, -0.05) is 55.5 Å². The molecule has 1 saturated heterocycles. The van der Waals surface area contributed by atoms with Crippen LogP contribution in [0.25, 0.3) is 11.1 Å². The molecule has 0 bridgehead atoms. The number of alkyl carbamates (subject to hydrolysis) is 1. The maximum atomic E-state index is 12.8. The SMILES string of the molecule is CCCN(CCC(=O)O)C(=O)[C@@H]1CO[C@H](CNC(=O)OCC2c3ccccc3-c3ccccc32)C1. The molecule has 8 heteroatoms. The van der Waals surface area contributed by atoms with Gasteiger partial charge in [0, 0.05) is 25.6 Å². The van der Waals surface area contributed by atoms with E-state index in [-0.39, 0.29) is 56.6 Å².